The van der Waals surface area contributed by atoms with E-state index in [0.29, 0.717) is 18.8 Å². The summed E-state index contributed by atoms with van der Waals surface area (Å²) in [5, 5.41) is 9.12. The van der Waals surface area contributed by atoms with Crippen LogP contribution in [0.2, 0.25) is 0 Å². The van der Waals surface area contributed by atoms with E-state index in [4.69, 9.17) is 9.84 Å². The van der Waals surface area contributed by atoms with Crippen molar-refractivity contribution in [2.75, 3.05) is 0 Å². The maximum Gasteiger partial charge on any atom is 0.307 e. The molecule has 1 saturated carbocycles. The molecule has 4 rings (SSSR count). The Hall–Kier alpha value is -3.21. The molecule has 1 aromatic carbocycles. The third-order valence-electron chi connectivity index (χ3n) is 4.84. The summed E-state index contributed by atoms with van der Waals surface area (Å²) in [5.74, 6) is -0.354. The Bertz CT molecular complexity index is 969. The average molecular weight is 360 g/mol. The van der Waals surface area contributed by atoms with Gasteiger partial charge in [-0.05, 0) is 42.7 Å². The van der Waals surface area contributed by atoms with E-state index >= 15 is 0 Å². The number of aromatic nitrogens is 2. The molecule has 5 nitrogen and oxygen atoms in total. The Labute approximate surface area is 157 Å². The van der Waals surface area contributed by atoms with Gasteiger partial charge in [-0.1, -0.05) is 29.8 Å². The maximum atomic E-state index is 11.1. The molecule has 2 heterocycles. The van der Waals surface area contributed by atoms with E-state index in [0.717, 1.165) is 22.4 Å². The molecule has 2 aromatic heterocycles. The van der Waals surface area contributed by atoms with Crippen molar-refractivity contribution in [2.45, 2.75) is 25.9 Å². The van der Waals surface area contributed by atoms with Gasteiger partial charge in [0.2, 0.25) is 0 Å². The number of hydrogen-bond acceptors (Lipinski definition) is 4. The van der Waals surface area contributed by atoms with Gasteiger partial charge in [0.05, 0.1) is 12.1 Å². The topological polar surface area (TPSA) is 72.3 Å². The van der Waals surface area contributed by atoms with E-state index in [1.807, 2.05) is 18.2 Å². The summed E-state index contributed by atoms with van der Waals surface area (Å²) in [6, 6.07) is 14.0. The Morgan fingerprint density at radius 2 is 1.96 bits per heavy atom. The van der Waals surface area contributed by atoms with Crippen LogP contribution in [-0.2, 0) is 11.4 Å². The SMILES string of the molecule is Cc1ccc(COc2cncc(-c3ccnc([C@H]4C[C@@H]4C(=O)O)c3)c2)cc1. The van der Waals surface area contributed by atoms with Gasteiger partial charge < -0.3 is 9.84 Å². The van der Waals surface area contributed by atoms with Crippen LogP contribution in [0.15, 0.2) is 61.1 Å². The summed E-state index contributed by atoms with van der Waals surface area (Å²) in [6.45, 7) is 2.54. The van der Waals surface area contributed by atoms with Crippen LogP contribution in [0.25, 0.3) is 11.1 Å². The zero-order valence-corrected chi connectivity index (χ0v) is 15.0. The molecule has 136 valence electrons. The van der Waals surface area contributed by atoms with E-state index in [2.05, 4.69) is 41.2 Å². The van der Waals surface area contributed by atoms with Crippen LogP contribution >= 0.6 is 0 Å². The standard InChI is InChI=1S/C22H20N2O3/c1-14-2-4-15(5-3-14)13-27-18-8-17(11-23-12-18)16-6-7-24-21(9-16)19-10-20(19)22(25)26/h2-9,11-12,19-20H,10,13H2,1H3,(H,25,26)/t19-,20-/m0/s1. The molecule has 3 aromatic rings. The second-order valence-electron chi connectivity index (χ2n) is 6.94. The Kier molecular flexibility index (Phi) is 4.59. The lowest BCUT2D eigenvalue weighted by Crippen LogP contribution is -2.00. The van der Waals surface area contributed by atoms with E-state index in [1.54, 1.807) is 18.6 Å². The van der Waals surface area contributed by atoms with Gasteiger partial charge in [-0.25, -0.2) is 0 Å². The van der Waals surface area contributed by atoms with Crippen molar-refractivity contribution >= 4 is 5.97 Å². The zero-order chi connectivity index (χ0) is 18.8. The molecule has 0 bridgehead atoms. The quantitative estimate of drug-likeness (QED) is 0.712. The predicted molar refractivity (Wildman–Crippen MR) is 101 cm³/mol. The number of rotatable bonds is 6. The molecule has 1 aliphatic carbocycles. The van der Waals surface area contributed by atoms with Crippen molar-refractivity contribution in [3.05, 3.63) is 77.9 Å². The minimum atomic E-state index is -0.750. The lowest BCUT2D eigenvalue weighted by atomic mass is 10.1. The molecule has 1 fully saturated rings. The first kappa shape index (κ1) is 17.2. The van der Waals surface area contributed by atoms with Gasteiger partial charge in [0.15, 0.2) is 0 Å². The van der Waals surface area contributed by atoms with Crippen LogP contribution in [0, 0.1) is 12.8 Å². The van der Waals surface area contributed by atoms with E-state index in [-0.39, 0.29) is 11.8 Å². The van der Waals surface area contributed by atoms with Gasteiger partial charge in [-0.3, -0.25) is 14.8 Å². The summed E-state index contributed by atoms with van der Waals surface area (Å²) in [7, 11) is 0. The molecule has 27 heavy (non-hydrogen) atoms. The molecule has 2 atom stereocenters. The van der Waals surface area contributed by atoms with Crippen LogP contribution < -0.4 is 4.74 Å². The van der Waals surface area contributed by atoms with E-state index in [1.165, 1.54) is 5.56 Å². The number of ether oxygens (including phenoxy) is 1. The van der Waals surface area contributed by atoms with E-state index < -0.39 is 5.97 Å². The van der Waals surface area contributed by atoms with Crippen LogP contribution in [0.3, 0.4) is 0 Å². The fourth-order valence-corrected chi connectivity index (χ4v) is 3.13. The van der Waals surface area contributed by atoms with Gasteiger partial charge in [0.1, 0.15) is 12.4 Å². The van der Waals surface area contributed by atoms with Gasteiger partial charge >= 0.3 is 5.97 Å². The molecule has 1 aliphatic rings. The Balaban J connectivity index is 1.49. The smallest absolute Gasteiger partial charge is 0.307 e. The molecule has 0 saturated heterocycles. The summed E-state index contributed by atoms with van der Waals surface area (Å²) in [5.41, 5.74) is 5.03. The number of aliphatic carboxylic acids is 1. The fourth-order valence-electron chi connectivity index (χ4n) is 3.13. The lowest BCUT2D eigenvalue weighted by molar-refractivity contribution is -0.138. The van der Waals surface area contributed by atoms with Gasteiger partial charge in [-0.2, -0.15) is 0 Å². The van der Waals surface area contributed by atoms with Crippen molar-refractivity contribution in [3.8, 4) is 16.9 Å². The molecule has 0 unspecified atom stereocenters. The summed E-state index contributed by atoms with van der Waals surface area (Å²) in [4.78, 5) is 19.7. The highest BCUT2D eigenvalue weighted by Crippen LogP contribution is 2.47. The highest BCUT2D eigenvalue weighted by molar-refractivity contribution is 5.75. The third-order valence-corrected chi connectivity index (χ3v) is 4.84. The molecular formula is C22H20N2O3. The third kappa shape index (κ3) is 3.97. The molecule has 0 aliphatic heterocycles. The lowest BCUT2D eigenvalue weighted by Gasteiger charge is -2.09. The van der Waals surface area contributed by atoms with Crippen LogP contribution in [0.4, 0.5) is 0 Å². The first-order chi connectivity index (χ1) is 13.1. The normalized spacial score (nSPS) is 18.1. The zero-order valence-electron chi connectivity index (χ0n) is 15.0. The summed E-state index contributed by atoms with van der Waals surface area (Å²) >= 11 is 0. The number of carbonyl (C=O) groups is 1. The van der Waals surface area contributed by atoms with Crippen LogP contribution in [0.1, 0.15) is 29.2 Å². The van der Waals surface area contributed by atoms with Crippen molar-refractivity contribution in [1.29, 1.82) is 0 Å². The molecule has 0 radical (unpaired) electrons. The highest BCUT2D eigenvalue weighted by atomic mass is 16.5. The first-order valence-corrected chi connectivity index (χ1v) is 8.92. The minimum Gasteiger partial charge on any atom is -0.487 e. The molecule has 1 N–H and O–H groups in total. The van der Waals surface area contributed by atoms with E-state index in [9.17, 15) is 4.79 Å². The number of carboxylic acid groups (broad SMARTS) is 1. The molecule has 5 heteroatoms. The number of aryl methyl sites for hydroxylation is 1. The number of hydrogen-bond donors (Lipinski definition) is 1. The Morgan fingerprint density at radius 3 is 2.70 bits per heavy atom. The highest BCUT2D eigenvalue weighted by Gasteiger charge is 2.45. The first-order valence-electron chi connectivity index (χ1n) is 8.92. The van der Waals surface area contributed by atoms with Crippen LogP contribution in [-0.4, -0.2) is 21.0 Å². The van der Waals surface area contributed by atoms with Crippen molar-refractivity contribution < 1.29 is 14.6 Å². The number of carboxylic acids is 1. The average Bonchev–Trinajstić information content (AvgIpc) is 3.49. The fraction of sp³-hybridized carbons (Fsp3) is 0.227. The second-order valence-corrected chi connectivity index (χ2v) is 6.94. The maximum absolute atomic E-state index is 11.1. The van der Waals surface area contributed by atoms with Gasteiger partial charge in [0, 0.05) is 29.6 Å². The molecule has 0 amide bonds. The number of pyridine rings is 2. The van der Waals surface area contributed by atoms with Crippen molar-refractivity contribution in [2.24, 2.45) is 5.92 Å². The molecular weight excluding hydrogens is 340 g/mol. The van der Waals surface area contributed by atoms with Crippen LogP contribution in [0.5, 0.6) is 5.75 Å². The largest absolute Gasteiger partial charge is 0.487 e. The second kappa shape index (κ2) is 7.19. The van der Waals surface area contributed by atoms with Crippen molar-refractivity contribution in [1.82, 2.24) is 9.97 Å². The van der Waals surface area contributed by atoms with Crippen molar-refractivity contribution in [3.63, 3.8) is 0 Å². The summed E-state index contributed by atoms with van der Waals surface area (Å²) in [6.07, 6.45) is 5.85. The summed E-state index contributed by atoms with van der Waals surface area (Å²) < 4.78 is 5.88. The van der Waals surface area contributed by atoms with Gasteiger partial charge in [-0.15, -0.1) is 0 Å². The number of nitrogens with zero attached hydrogens (tertiary/aromatic N) is 2. The number of benzene rings is 1. The minimum absolute atomic E-state index is 0.0105. The van der Waals surface area contributed by atoms with Gasteiger partial charge in [0.25, 0.3) is 0 Å². The Morgan fingerprint density at radius 1 is 1.15 bits per heavy atom. The monoisotopic (exact) mass is 360 g/mol. The predicted octanol–water partition coefficient (Wildman–Crippen LogP) is 4.22. The molecule has 0 spiro atoms.